The smallest absolute Gasteiger partial charge is 0.280 e. The Balaban J connectivity index is 1.62. The van der Waals surface area contributed by atoms with Gasteiger partial charge in [-0.2, -0.15) is 9.90 Å². The van der Waals surface area contributed by atoms with Crippen molar-refractivity contribution in [3.63, 3.8) is 0 Å². The van der Waals surface area contributed by atoms with Crippen molar-refractivity contribution in [1.29, 1.82) is 0 Å². The molecular formula is C20H17FN6OS. The summed E-state index contributed by atoms with van der Waals surface area (Å²) in [5.41, 5.74) is 3.65. The number of anilines is 1. The van der Waals surface area contributed by atoms with Crippen molar-refractivity contribution in [3.05, 3.63) is 64.5 Å². The van der Waals surface area contributed by atoms with E-state index in [4.69, 9.17) is 0 Å². The zero-order valence-electron chi connectivity index (χ0n) is 16.0. The number of amides is 1. The summed E-state index contributed by atoms with van der Waals surface area (Å²) in [6, 6.07) is 9.62. The van der Waals surface area contributed by atoms with E-state index in [0.717, 1.165) is 21.8 Å². The highest BCUT2D eigenvalue weighted by Crippen LogP contribution is 2.30. The number of hydrogen-bond donors (Lipinski definition) is 1. The lowest BCUT2D eigenvalue weighted by Crippen LogP contribution is -2.14. The highest BCUT2D eigenvalue weighted by molar-refractivity contribution is 7.16. The Hall–Kier alpha value is -3.46. The quantitative estimate of drug-likeness (QED) is 0.551. The van der Waals surface area contributed by atoms with E-state index in [0.29, 0.717) is 16.4 Å². The standard InChI is InChI=1S/C20H17FN6OS/c1-11-4-9-15(22-10-11)16-12(2)29-20(23-16)24-19(28)18-17(25-27(3)26-18)13-5-7-14(21)8-6-13/h4-10H,1-3H3,(H,23,24,28). The van der Waals surface area contributed by atoms with Crippen LogP contribution in [0.1, 0.15) is 20.9 Å². The van der Waals surface area contributed by atoms with E-state index in [2.05, 4.69) is 25.5 Å². The van der Waals surface area contributed by atoms with Crippen molar-refractivity contribution in [2.24, 2.45) is 7.05 Å². The van der Waals surface area contributed by atoms with E-state index in [9.17, 15) is 9.18 Å². The highest BCUT2D eigenvalue weighted by atomic mass is 32.1. The fourth-order valence-corrected chi connectivity index (χ4v) is 3.63. The van der Waals surface area contributed by atoms with Gasteiger partial charge in [0.15, 0.2) is 10.8 Å². The summed E-state index contributed by atoms with van der Waals surface area (Å²) >= 11 is 1.36. The van der Waals surface area contributed by atoms with Gasteiger partial charge >= 0.3 is 0 Å². The van der Waals surface area contributed by atoms with Gasteiger partial charge in [0.2, 0.25) is 0 Å². The first-order chi connectivity index (χ1) is 13.9. The third-order valence-corrected chi connectivity index (χ3v) is 5.10. The number of aryl methyl sites for hydroxylation is 3. The molecule has 0 atom stereocenters. The molecule has 0 aliphatic carbocycles. The van der Waals surface area contributed by atoms with Crippen LogP contribution in [-0.4, -0.2) is 30.9 Å². The molecule has 3 aromatic heterocycles. The second-order valence-corrected chi connectivity index (χ2v) is 7.70. The van der Waals surface area contributed by atoms with Crippen molar-refractivity contribution in [2.45, 2.75) is 13.8 Å². The third kappa shape index (κ3) is 3.90. The Bertz CT molecular complexity index is 1180. The molecule has 0 fully saturated rings. The molecule has 0 saturated carbocycles. The summed E-state index contributed by atoms with van der Waals surface area (Å²) in [7, 11) is 1.62. The molecule has 9 heteroatoms. The van der Waals surface area contributed by atoms with Gasteiger partial charge in [0.05, 0.1) is 5.69 Å². The molecule has 0 bridgehead atoms. The lowest BCUT2D eigenvalue weighted by Gasteiger charge is -2.01. The summed E-state index contributed by atoms with van der Waals surface area (Å²) in [6.07, 6.45) is 1.78. The van der Waals surface area contributed by atoms with Crippen molar-refractivity contribution in [3.8, 4) is 22.6 Å². The monoisotopic (exact) mass is 408 g/mol. The number of nitrogens with zero attached hydrogens (tertiary/aromatic N) is 5. The fraction of sp³-hybridized carbons (Fsp3) is 0.150. The summed E-state index contributed by atoms with van der Waals surface area (Å²) in [5, 5.41) is 11.6. The summed E-state index contributed by atoms with van der Waals surface area (Å²) in [4.78, 5) is 24.0. The first-order valence-electron chi connectivity index (χ1n) is 8.80. The number of hydrogen-bond acceptors (Lipinski definition) is 6. The number of aromatic nitrogens is 5. The van der Waals surface area contributed by atoms with Crippen LogP contribution in [0.5, 0.6) is 0 Å². The zero-order chi connectivity index (χ0) is 20.5. The molecule has 1 aromatic carbocycles. The normalized spacial score (nSPS) is 10.9. The van der Waals surface area contributed by atoms with Crippen LogP contribution < -0.4 is 5.32 Å². The molecule has 29 heavy (non-hydrogen) atoms. The molecule has 4 rings (SSSR count). The predicted molar refractivity (Wildman–Crippen MR) is 109 cm³/mol. The van der Waals surface area contributed by atoms with Gasteiger partial charge < -0.3 is 0 Å². The van der Waals surface area contributed by atoms with Crippen molar-refractivity contribution >= 4 is 22.4 Å². The maximum absolute atomic E-state index is 13.2. The van der Waals surface area contributed by atoms with Crippen molar-refractivity contribution in [1.82, 2.24) is 25.0 Å². The minimum atomic E-state index is -0.436. The Kier molecular flexibility index (Phi) is 4.89. The first kappa shape index (κ1) is 18.9. The molecule has 7 nitrogen and oxygen atoms in total. The zero-order valence-corrected chi connectivity index (χ0v) is 16.8. The summed E-state index contributed by atoms with van der Waals surface area (Å²) in [6.45, 7) is 3.90. The van der Waals surface area contributed by atoms with Gasteiger partial charge in [-0.1, -0.05) is 6.07 Å². The largest absolute Gasteiger partial charge is 0.296 e. The van der Waals surface area contributed by atoms with Gasteiger partial charge in [-0.15, -0.1) is 16.4 Å². The Labute approximate surface area is 170 Å². The number of carbonyl (C=O) groups is 1. The number of halogens is 1. The lowest BCUT2D eigenvalue weighted by atomic mass is 10.1. The number of pyridine rings is 1. The second-order valence-electron chi connectivity index (χ2n) is 6.49. The number of nitrogens with one attached hydrogen (secondary N) is 1. The van der Waals surface area contributed by atoms with Crippen LogP contribution in [0, 0.1) is 19.7 Å². The van der Waals surface area contributed by atoms with Crippen LogP contribution >= 0.6 is 11.3 Å². The molecule has 0 saturated heterocycles. The van der Waals surface area contributed by atoms with Crippen LogP contribution in [0.3, 0.4) is 0 Å². The first-order valence-corrected chi connectivity index (χ1v) is 9.61. The number of benzene rings is 1. The van der Waals surface area contributed by atoms with Gasteiger partial charge in [-0.25, -0.2) is 9.37 Å². The maximum atomic E-state index is 13.2. The molecule has 1 amide bonds. The predicted octanol–water partition coefficient (Wildman–Crippen LogP) is 4.01. The molecule has 0 unspecified atom stereocenters. The fourth-order valence-electron chi connectivity index (χ4n) is 2.81. The van der Waals surface area contributed by atoms with Crippen LogP contribution in [0.4, 0.5) is 9.52 Å². The molecule has 0 aliphatic heterocycles. The lowest BCUT2D eigenvalue weighted by molar-refractivity contribution is 0.102. The molecule has 4 aromatic rings. The molecule has 3 heterocycles. The average Bonchev–Trinajstić information content (AvgIpc) is 3.25. The Morgan fingerprint density at radius 3 is 2.52 bits per heavy atom. The van der Waals surface area contributed by atoms with E-state index in [1.807, 2.05) is 26.0 Å². The maximum Gasteiger partial charge on any atom is 0.280 e. The van der Waals surface area contributed by atoms with E-state index >= 15 is 0 Å². The van der Waals surface area contributed by atoms with E-state index < -0.39 is 5.91 Å². The summed E-state index contributed by atoms with van der Waals surface area (Å²) < 4.78 is 13.2. The number of rotatable bonds is 4. The van der Waals surface area contributed by atoms with Crippen molar-refractivity contribution in [2.75, 3.05) is 5.32 Å². The molecule has 0 spiro atoms. The Morgan fingerprint density at radius 1 is 1.07 bits per heavy atom. The van der Waals surface area contributed by atoms with E-state index in [-0.39, 0.29) is 11.5 Å². The SMILES string of the molecule is Cc1ccc(-c2nc(NC(=O)c3nn(C)nc3-c3ccc(F)cc3)sc2C)nc1. The number of carbonyl (C=O) groups excluding carboxylic acids is 1. The topological polar surface area (TPSA) is 85.6 Å². The van der Waals surface area contributed by atoms with Gasteiger partial charge in [0.1, 0.15) is 17.2 Å². The summed E-state index contributed by atoms with van der Waals surface area (Å²) in [5.74, 6) is -0.797. The highest BCUT2D eigenvalue weighted by Gasteiger charge is 2.21. The molecule has 0 aliphatic rings. The van der Waals surface area contributed by atoms with E-state index in [1.54, 1.807) is 25.4 Å². The second kappa shape index (κ2) is 7.51. The number of thiazole rings is 1. The average molecular weight is 408 g/mol. The minimum absolute atomic E-state index is 0.141. The van der Waals surface area contributed by atoms with Crippen LogP contribution in [0.25, 0.3) is 22.6 Å². The van der Waals surface area contributed by atoms with Crippen LogP contribution in [0.2, 0.25) is 0 Å². The van der Waals surface area contributed by atoms with Crippen LogP contribution in [-0.2, 0) is 7.05 Å². The van der Waals surface area contributed by atoms with Gasteiger partial charge in [0.25, 0.3) is 5.91 Å². The van der Waals surface area contributed by atoms with Gasteiger partial charge in [-0.05, 0) is 49.7 Å². The molecule has 0 radical (unpaired) electrons. The van der Waals surface area contributed by atoms with Crippen molar-refractivity contribution < 1.29 is 9.18 Å². The third-order valence-electron chi connectivity index (χ3n) is 4.22. The molecular weight excluding hydrogens is 391 g/mol. The molecule has 146 valence electrons. The van der Waals surface area contributed by atoms with Gasteiger partial charge in [0, 0.05) is 23.7 Å². The molecule has 1 N–H and O–H groups in total. The van der Waals surface area contributed by atoms with Crippen LogP contribution in [0.15, 0.2) is 42.6 Å². The Morgan fingerprint density at radius 2 is 1.83 bits per heavy atom. The van der Waals surface area contributed by atoms with E-state index in [1.165, 1.54) is 28.3 Å². The minimum Gasteiger partial charge on any atom is -0.296 e. The van der Waals surface area contributed by atoms with Gasteiger partial charge in [-0.3, -0.25) is 15.1 Å².